The average Bonchev–Trinajstić information content (AvgIpc) is 2.94. The number of halogens is 8. The van der Waals surface area contributed by atoms with Crippen LogP contribution in [0.1, 0.15) is 32.1 Å². The zero-order chi connectivity index (χ0) is 19.5. The van der Waals surface area contributed by atoms with Crippen molar-refractivity contribution < 1.29 is 44.9 Å². The van der Waals surface area contributed by atoms with E-state index in [4.69, 9.17) is 0 Å². The van der Waals surface area contributed by atoms with Crippen LogP contribution in [-0.2, 0) is 0 Å². The minimum Gasteiger partial charge on any atom is -0.382 e. The maximum absolute atomic E-state index is 13.7. The van der Waals surface area contributed by atoms with Crippen molar-refractivity contribution in [3.63, 3.8) is 0 Å². The van der Waals surface area contributed by atoms with E-state index in [-0.39, 0.29) is 19.3 Å². The number of allylic oxidation sites excluding steroid dienone is 1. The van der Waals surface area contributed by atoms with Crippen molar-refractivity contribution >= 4 is 11.9 Å². The third-order valence-electron chi connectivity index (χ3n) is 4.93. The molecule has 146 valence electrons. The van der Waals surface area contributed by atoms with Gasteiger partial charge in [-0.05, 0) is 19.3 Å². The Morgan fingerprint density at radius 3 is 2.35 bits per heavy atom. The number of rotatable bonds is 1. The number of hydrazone groups is 1. The minimum atomic E-state index is -5.06. The monoisotopic (exact) mass is 391 g/mol. The first-order valence-corrected chi connectivity index (χ1v) is 7.96. The average molecular weight is 391 g/mol. The van der Waals surface area contributed by atoms with Crippen LogP contribution in [0.25, 0.3) is 0 Å². The fraction of sp³-hybridized carbons (Fsp3) is 0.733. The van der Waals surface area contributed by atoms with Crippen LogP contribution in [0.4, 0.5) is 35.1 Å². The van der Waals surface area contributed by atoms with E-state index in [0.717, 1.165) is 6.21 Å². The van der Waals surface area contributed by atoms with Crippen molar-refractivity contribution in [3.05, 3.63) is 11.3 Å². The highest BCUT2D eigenvalue weighted by molar-refractivity contribution is 6.06. The summed E-state index contributed by atoms with van der Waals surface area (Å²) in [6.45, 7) is 0. The predicted octanol–water partition coefficient (Wildman–Crippen LogP) is 4.02. The highest BCUT2D eigenvalue weighted by atomic mass is 19.4. The standard InChI is InChI=1S/C15H15F8N2O/c16-13(17)5-9-10(12(13)26)11(15(21,22)23)24-25(9)6-7-2-1-3-8(4-7)14(18,19)20/h6-8,12,26H,1-5H2/q+1/b25-6-/t7?,8-,12-/m0/s1. The maximum Gasteiger partial charge on any atom is 0.439 e. The van der Waals surface area contributed by atoms with E-state index in [1.807, 2.05) is 0 Å². The lowest BCUT2D eigenvalue weighted by molar-refractivity contribution is -0.480. The second-order valence-electron chi connectivity index (χ2n) is 6.81. The van der Waals surface area contributed by atoms with E-state index >= 15 is 0 Å². The van der Waals surface area contributed by atoms with Gasteiger partial charge in [0.1, 0.15) is 6.42 Å². The lowest BCUT2D eigenvalue weighted by atomic mass is 9.81. The number of aliphatic hydroxyl groups is 1. The molecule has 0 bridgehead atoms. The van der Waals surface area contributed by atoms with Gasteiger partial charge in [-0.1, -0.05) is 11.1 Å². The molecule has 1 aliphatic heterocycles. The summed E-state index contributed by atoms with van der Waals surface area (Å²) in [5.74, 6) is -6.12. The Morgan fingerprint density at radius 1 is 1.12 bits per heavy atom. The first-order chi connectivity index (χ1) is 11.8. The molecule has 0 aromatic rings. The molecule has 0 radical (unpaired) electrons. The molecule has 0 aromatic carbocycles. The fourth-order valence-corrected chi connectivity index (χ4v) is 3.67. The highest BCUT2D eigenvalue weighted by Gasteiger charge is 2.62. The van der Waals surface area contributed by atoms with Gasteiger partial charge in [0.15, 0.2) is 12.3 Å². The second-order valence-corrected chi connectivity index (χ2v) is 6.81. The van der Waals surface area contributed by atoms with Crippen LogP contribution in [0.5, 0.6) is 0 Å². The summed E-state index contributed by atoms with van der Waals surface area (Å²) in [5.41, 5.74) is -3.14. The molecular formula is C15H15F8N2O+. The lowest BCUT2D eigenvalue weighted by Gasteiger charge is -2.27. The molecular weight excluding hydrogens is 376 g/mol. The van der Waals surface area contributed by atoms with E-state index in [0.29, 0.717) is 11.1 Å². The molecule has 1 fully saturated rings. The van der Waals surface area contributed by atoms with Crippen LogP contribution >= 0.6 is 0 Å². The van der Waals surface area contributed by atoms with Crippen molar-refractivity contribution in [2.24, 2.45) is 16.9 Å². The van der Waals surface area contributed by atoms with E-state index in [1.165, 1.54) is 0 Å². The first kappa shape index (κ1) is 19.2. The number of nitrogens with zero attached hydrogens (tertiary/aromatic N) is 2. The Labute approximate surface area is 142 Å². The summed E-state index contributed by atoms with van der Waals surface area (Å²) < 4.78 is 106. The molecule has 1 unspecified atom stereocenters. The molecule has 1 heterocycles. The molecule has 1 N–H and O–H groups in total. The van der Waals surface area contributed by atoms with Crippen LogP contribution < -0.4 is 0 Å². The SMILES string of the molecule is O[C@H]1C2=C(CC1(F)F)/[N+](=C/C1CCC[C@H](C(F)(F)F)C1)N=C2C(F)(F)F. The lowest BCUT2D eigenvalue weighted by Crippen LogP contribution is -2.36. The molecule has 3 nitrogen and oxygen atoms in total. The normalized spacial score (nSPS) is 33.7. The molecule has 0 amide bonds. The Hall–Kier alpha value is -1.52. The number of alkyl halides is 8. The molecule has 11 heteroatoms. The summed E-state index contributed by atoms with van der Waals surface area (Å²) in [6, 6.07) is 0. The fourth-order valence-electron chi connectivity index (χ4n) is 3.67. The Morgan fingerprint density at radius 2 is 1.77 bits per heavy atom. The van der Waals surface area contributed by atoms with Crippen molar-refractivity contribution in [2.75, 3.05) is 0 Å². The zero-order valence-corrected chi connectivity index (χ0v) is 13.2. The smallest absolute Gasteiger partial charge is 0.382 e. The molecule has 0 aromatic heterocycles. The van der Waals surface area contributed by atoms with Crippen LogP contribution in [0.2, 0.25) is 0 Å². The maximum atomic E-state index is 13.7. The van der Waals surface area contributed by atoms with Crippen LogP contribution in [-0.4, -0.2) is 46.1 Å². The van der Waals surface area contributed by atoms with E-state index in [1.54, 1.807) is 0 Å². The van der Waals surface area contributed by atoms with Crippen molar-refractivity contribution in [2.45, 2.75) is 56.5 Å². The summed E-state index contributed by atoms with van der Waals surface area (Å²) in [7, 11) is 0. The molecule has 3 atom stereocenters. The van der Waals surface area contributed by atoms with Crippen molar-refractivity contribution in [1.82, 2.24) is 0 Å². The van der Waals surface area contributed by atoms with Crippen molar-refractivity contribution in [1.29, 1.82) is 0 Å². The number of hydrogen-bond acceptors (Lipinski definition) is 2. The molecule has 2 aliphatic carbocycles. The molecule has 0 saturated heterocycles. The van der Waals surface area contributed by atoms with Crippen LogP contribution in [0.3, 0.4) is 0 Å². The Kier molecular flexibility index (Phi) is 4.44. The van der Waals surface area contributed by atoms with Gasteiger partial charge >= 0.3 is 12.4 Å². The summed E-state index contributed by atoms with van der Waals surface area (Å²) in [4.78, 5) is 0. The second kappa shape index (κ2) is 6.00. The molecule has 1 saturated carbocycles. The summed E-state index contributed by atoms with van der Waals surface area (Å²) in [6.07, 6.45) is -12.1. The largest absolute Gasteiger partial charge is 0.439 e. The van der Waals surface area contributed by atoms with Gasteiger partial charge in [-0.3, -0.25) is 0 Å². The van der Waals surface area contributed by atoms with E-state index in [2.05, 4.69) is 5.10 Å². The predicted molar refractivity (Wildman–Crippen MR) is 73.9 cm³/mol. The Balaban J connectivity index is 1.93. The van der Waals surface area contributed by atoms with Crippen LogP contribution in [0.15, 0.2) is 16.4 Å². The van der Waals surface area contributed by atoms with E-state index < -0.39 is 59.6 Å². The summed E-state index contributed by atoms with van der Waals surface area (Å²) in [5, 5.41) is 12.8. The van der Waals surface area contributed by atoms with Gasteiger partial charge in [0.2, 0.25) is 11.4 Å². The summed E-state index contributed by atoms with van der Waals surface area (Å²) >= 11 is 0. The number of hydrogen-bond donors (Lipinski definition) is 1. The van der Waals surface area contributed by atoms with E-state index in [9.17, 15) is 40.2 Å². The van der Waals surface area contributed by atoms with Gasteiger partial charge in [0.05, 0.1) is 11.5 Å². The molecule has 0 spiro atoms. The number of aliphatic hydroxyl groups excluding tert-OH is 1. The third kappa shape index (κ3) is 3.37. The zero-order valence-electron chi connectivity index (χ0n) is 13.2. The highest BCUT2D eigenvalue weighted by Crippen LogP contribution is 2.46. The van der Waals surface area contributed by atoms with Gasteiger partial charge in [-0.2, -0.15) is 26.3 Å². The van der Waals surface area contributed by atoms with Crippen molar-refractivity contribution in [3.8, 4) is 0 Å². The molecule has 26 heavy (non-hydrogen) atoms. The van der Waals surface area contributed by atoms with Gasteiger partial charge in [-0.15, -0.1) is 0 Å². The third-order valence-corrected chi connectivity index (χ3v) is 4.93. The van der Waals surface area contributed by atoms with Gasteiger partial charge in [-0.25, -0.2) is 8.78 Å². The topological polar surface area (TPSA) is 35.6 Å². The molecule has 3 rings (SSSR count). The van der Waals surface area contributed by atoms with Gasteiger partial charge in [0.25, 0.3) is 5.92 Å². The van der Waals surface area contributed by atoms with Crippen LogP contribution in [0, 0.1) is 11.8 Å². The Bertz CT molecular complexity index is 689. The first-order valence-electron chi connectivity index (χ1n) is 7.96. The quantitative estimate of drug-likeness (QED) is 0.532. The minimum absolute atomic E-state index is 0.0738. The van der Waals surface area contributed by atoms with Gasteiger partial charge < -0.3 is 5.11 Å². The van der Waals surface area contributed by atoms with Gasteiger partial charge in [0, 0.05) is 11.0 Å². The molecule has 3 aliphatic rings.